The average molecular weight is 461 g/mol. The maximum Gasteiger partial charge on any atom is 0.235 e. The highest BCUT2D eigenvalue weighted by molar-refractivity contribution is 7.88. The molecule has 1 heterocycles. The summed E-state index contributed by atoms with van der Waals surface area (Å²) in [6.07, 6.45) is 6.93. The number of nitrogens with one attached hydrogen (secondary N) is 1. The van der Waals surface area contributed by atoms with Crippen LogP contribution >= 0.6 is 0 Å². The van der Waals surface area contributed by atoms with Crippen molar-refractivity contribution in [1.29, 1.82) is 0 Å². The minimum atomic E-state index is -3.72. The largest absolute Gasteiger partial charge is 0.487 e. The number of rotatable bonds is 6. The van der Waals surface area contributed by atoms with E-state index < -0.39 is 21.7 Å². The van der Waals surface area contributed by atoms with Gasteiger partial charge in [0.2, 0.25) is 15.9 Å². The number of para-hydroxylation sites is 1. The van der Waals surface area contributed by atoms with Crippen molar-refractivity contribution >= 4 is 15.9 Å². The van der Waals surface area contributed by atoms with Crippen molar-refractivity contribution in [1.82, 2.24) is 9.62 Å². The highest BCUT2D eigenvalue weighted by Gasteiger charge is 2.42. The molecule has 172 valence electrons. The van der Waals surface area contributed by atoms with Crippen LogP contribution in [-0.2, 0) is 21.4 Å². The number of ether oxygens (including phenoxy) is 1. The number of benzene rings is 2. The van der Waals surface area contributed by atoms with Crippen LogP contribution in [0.15, 0.2) is 48.5 Å². The molecule has 1 amide bonds. The number of sulfonamides is 1. The molecule has 6 nitrogen and oxygen atoms in total. The molecule has 0 aromatic heterocycles. The predicted molar refractivity (Wildman–Crippen MR) is 120 cm³/mol. The third-order valence-corrected chi connectivity index (χ3v) is 7.59. The summed E-state index contributed by atoms with van der Waals surface area (Å²) in [6, 6.07) is 13.4. The molecule has 0 saturated heterocycles. The molecule has 1 N–H and O–H groups in total. The molecule has 1 fully saturated rings. The summed E-state index contributed by atoms with van der Waals surface area (Å²) in [7, 11) is -3.72. The van der Waals surface area contributed by atoms with Gasteiger partial charge in [-0.05, 0) is 37.8 Å². The number of amides is 1. The Morgan fingerprint density at radius 2 is 1.81 bits per heavy atom. The van der Waals surface area contributed by atoms with Gasteiger partial charge in [-0.3, -0.25) is 4.79 Å². The van der Waals surface area contributed by atoms with E-state index in [4.69, 9.17) is 4.74 Å². The quantitative estimate of drug-likeness (QED) is 0.709. The number of fused-ring (bicyclic) bond motifs is 1. The normalized spacial score (nSPS) is 19.9. The van der Waals surface area contributed by atoms with Crippen molar-refractivity contribution in [3.8, 4) is 5.75 Å². The van der Waals surface area contributed by atoms with Gasteiger partial charge in [-0.15, -0.1) is 0 Å². The van der Waals surface area contributed by atoms with E-state index in [-0.39, 0.29) is 30.3 Å². The van der Waals surface area contributed by atoms with E-state index in [2.05, 4.69) is 5.32 Å². The molecule has 1 atom stereocenters. The Balaban J connectivity index is 1.52. The lowest BCUT2D eigenvalue weighted by Gasteiger charge is -2.44. The SMILES string of the molecule is CS(=O)(=O)N(CC(=O)N[C@H]1CC2(CCCCC2)Oc2ccccc21)Cc1ccccc1F. The van der Waals surface area contributed by atoms with Crippen LogP contribution in [0.5, 0.6) is 5.75 Å². The van der Waals surface area contributed by atoms with Gasteiger partial charge in [0, 0.05) is 24.1 Å². The van der Waals surface area contributed by atoms with Crippen LogP contribution in [0.25, 0.3) is 0 Å². The Kier molecular flexibility index (Phi) is 6.53. The van der Waals surface area contributed by atoms with Gasteiger partial charge in [0.25, 0.3) is 0 Å². The molecule has 1 aliphatic carbocycles. The van der Waals surface area contributed by atoms with Crippen molar-refractivity contribution in [2.45, 2.75) is 56.7 Å². The summed E-state index contributed by atoms with van der Waals surface area (Å²) in [4.78, 5) is 13.0. The highest BCUT2D eigenvalue weighted by Crippen LogP contribution is 2.46. The van der Waals surface area contributed by atoms with E-state index in [1.54, 1.807) is 12.1 Å². The topological polar surface area (TPSA) is 75.7 Å². The van der Waals surface area contributed by atoms with Gasteiger partial charge in [0.1, 0.15) is 17.2 Å². The van der Waals surface area contributed by atoms with Gasteiger partial charge in [-0.1, -0.05) is 42.8 Å². The molecule has 1 saturated carbocycles. The van der Waals surface area contributed by atoms with Crippen LogP contribution in [0, 0.1) is 5.82 Å². The summed E-state index contributed by atoms with van der Waals surface area (Å²) in [5, 5.41) is 3.03. The molecule has 32 heavy (non-hydrogen) atoms. The lowest BCUT2D eigenvalue weighted by Crippen LogP contribution is -2.48. The number of carbonyl (C=O) groups is 1. The number of nitrogens with zero attached hydrogens (tertiary/aromatic N) is 1. The van der Waals surface area contributed by atoms with E-state index in [0.717, 1.165) is 47.6 Å². The van der Waals surface area contributed by atoms with E-state index in [1.165, 1.54) is 18.6 Å². The van der Waals surface area contributed by atoms with E-state index in [0.29, 0.717) is 6.42 Å². The monoisotopic (exact) mass is 460 g/mol. The third-order valence-electron chi connectivity index (χ3n) is 6.39. The Labute approximate surface area is 188 Å². The van der Waals surface area contributed by atoms with Crippen molar-refractivity contribution in [2.75, 3.05) is 12.8 Å². The molecule has 2 aromatic carbocycles. The Morgan fingerprint density at radius 3 is 2.53 bits per heavy atom. The maximum atomic E-state index is 14.1. The summed E-state index contributed by atoms with van der Waals surface area (Å²) >= 11 is 0. The molecular formula is C24H29FN2O4S. The molecular weight excluding hydrogens is 431 g/mol. The zero-order valence-electron chi connectivity index (χ0n) is 18.2. The van der Waals surface area contributed by atoms with E-state index in [9.17, 15) is 17.6 Å². The van der Waals surface area contributed by atoms with Crippen molar-refractivity contribution in [3.63, 3.8) is 0 Å². The Bertz CT molecular complexity index is 1080. The second-order valence-corrected chi connectivity index (χ2v) is 10.8. The summed E-state index contributed by atoms with van der Waals surface area (Å²) in [5.41, 5.74) is 0.828. The van der Waals surface area contributed by atoms with Gasteiger partial charge < -0.3 is 10.1 Å². The van der Waals surface area contributed by atoms with E-state index >= 15 is 0 Å². The first kappa shape index (κ1) is 22.7. The summed E-state index contributed by atoms with van der Waals surface area (Å²) < 4.78 is 46.1. The van der Waals surface area contributed by atoms with E-state index in [1.807, 2.05) is 24.3 Å². The first-order chi connectivity index (χ1) is 15.3. The van der Waals surface area contributed by atoms with Crippen LogP contribution in [0.4, 0.5) is 4.39 Å². The molecule has 2 aromatic rings. The van der Waals surface area contributed by atoms with Crippen LogP contribution in [-0.4, -0.2) is 37.0 Å². The molecule has 4 rings (SSSR count). The predicted octanol–water partition coefficient (Wildman–Crippen LogP) is 3.93. The van der Waals surface area contributed by atoms with Crippen molar-refractivity contribution in [2.24, 2.45) is 0 Å². The van der Waals surface area contributed by atoms with Crippen LogP contribution in [0.1, 0.15) is 55.7 Å². The van der Waals surface area contributed by atoms with Gasteiger partial charge in [0.15, 0.2) is 0 Å². The lowest BCUT2D eigenvalue weighted by atomic mass is 9.77. The molecule has 1 spiro atoms. The number of carbonyl (C=O) groups excluding carboxylic acids is 1. The first-order valence-electron chi connectivity index (χ1n) is 11.0. The molecule has 0 radical (unpaired) electrons. The lowest BCUT2D eigenvalue weighted by molar-refractivity contribution is -0.123. The maximum absolute atomic E-state index is 14.1. The van der Waals surface area contributed by atoms with Crippen LogP contribution < -0.4 is 10.1 Å². The van der Waals surface area contributed by atoms with Gasteiger partial charge in [-0.25, -0.2) is 12.8 Å². The van der Waals surface area contributed by atoms with Crippen LogP contribution in [0.3, 0.4) is 0 Å². The van der Waals surface area contributed by atoms with Gasteiger partial charge in [0.05, 0.1) is 18.8 Å². The molecule has 1 aliphatic heterocycles. The smallest absolute Gasteiger partial charge is 0.235 e. The average Bonchev–Trinajstić information content (AvgIpc) is 2.74. The number of hydrogen-bond donors (Lipinski definition) is 1. The third kappa shape index (κ3) is 5.13. The number of hydrogen-bond acceptors (Lipinski definition) is 4. The summed E-state index contributed by atoms with van der Waals surface area (Å²) in [5.74, 6) is -0.143. The van der Waals surface area contributed by atoms with Crippen molar-refractivity contribution < 1.29 is 22.3 Å². The molecule has 8 heteroatoms. The minimum absolute atomic E-state index is 0.201. The zero-order valence-corrected chi connectivity index (χ0v) is 19.0. The fraction of sp³-hybridized carbons (Fsp3) is 0.458. The van der Waals surface area contributed by atoms with Gasteiger partial charge >= 0.3 is 0 Å². The highest BCUT2D eigenvalue weighted by atomic mass is 32.2. The Morgan fingerprint density at radius 1 is 1.12 bits per heavy atom. The second kappa shape index (κ2) is 9.19. The zero-order chi connectivity index (χ0) is 22.8. The minimum Gasteiger partial charge on any atom is -0.487 e. The van der Waals surface area contributed by atoms with Crippen molar-refractivity contribution in [3.05, 3.63) is 65.5 Å². The Hall–Kier alpha value is -2.45. The summed E-state index contributed by atoms with van der Waals surface area (Å²) in [6.45, 7) is -0.576. The molecule has 2 aliphatic rings. The first-order valence-corrected chi connectivity index (χ1v) is 12.9. The standard InChI is InChI=1S/C24H29FN2O4S/c1-32(29,30)27(16-18-9-3-5-11-20(18)25)17-23(28)26-21-15-24(13-7-2-8-14-24)31-22-12-6-4-10-19(21)22/h3-6,9-12,21H,2,7-8,13-17H2,1H3,(H,26,28)/t21-/m0/s1. The number of halogens is 1. The fourth-order valence-corrected chi connectivity index (χ4v) is 5.48. The molecule has 0 unspecified atom stereocenters. The van der Waals surface area contributed by atoms with Crippen LogP contribution in [0.2, 0.25) is 0 Å². The fourth-order valence-electron chi connectivity index (χ4n) is 4.76. The molecule has 0 bridgehead atoms. The second-order valence-electron chi connectivity index (χ2n) is 8.83. The van der Waals surface area contributed by atoms with Gasteiger partial charge in [-0.2, -0.15) is 4.31 Å².